The zero-order chi connectivity index (χ0) is 26.9. The molecule has 0 radical (unpaired) electrons. The Balaban J connectivity index is 1.65. The van der Waals surface area contributed by atoms with E-state index in [1.807, 2.05) is 6.08 Å². The Morgan fingerprint density at radius 3 is 2.50 bits per heavy atom. The average Bonchev–Trinajstić information content (AvgIpc) is 3.73. The third-order valence-electron chi connectivity index (χ3n) is 6.26. The van der Waals surface area contributed by atoms with Crippen molar-refractivity contribution in [1.29, 1.82) is 0 Å². The second-order valence-corrected chi connectivity index (χ2v) is 12.0. The molecule has 0 spiro atoms. The van der Waals surface area contributed by atoms with Crippen LogP contribution >= 0.6 is 21.6 Å². The molecule has 4 atom stereocenters. The number of hydrogen-bond donors (Lipinski definition) is 4. The fourth-order valence-electron chi connectivity index (χ4n) is 4.10. The lowest BCUT2D eigenvalue weighted by molar-refractivity contribution is -0.148. The van der Waals surface area contributed by atoms with Crippen LogP contribution in [0, 0.1) is 5.92 Å². The summed E-state index contributed by atoms with van der Waals surface area (Å²) in [4.78, 5) is 69.2. The van der Waals surface area contributed by atoms with Crippen molar-refractivity contribution in [3.8, 4) is 0 Å². The van der Waals surface area contributed by atoms with Crippen molar-refractivity contribution >= 4 is 51.2 Å². The molecule has 13 heteroatoms. The minimum atomic E-state index is -0.987. The van der Waals surface area contributed by atoms with Crippen molar-refractivity contribution in [3.63, 3.8) is 0 Å². The second-order valence-electron chi connectivity index (χ2n) is 9.34. The highest BCUT2D eigenvalue weighted by molar-refractivity contribution is 8.76. The standard InChI is InChI=1S/C25H31N5O6S2/c31-20-12-17-3-1-2-10-37-38-14-19(29-23(33)18(28-20)11-15-6-8-26-9-7-15)24(34)30-22(16-4-5-16)25(35)27-13-21(32)36-17/h1,3,6-9,16-19,22H,2,4-5,10-14H2,(H,27,35)(H,28,31)(H,29,33)(H,30,34)/b3-1+/t17-,18-,19-,22?/m1/s1. The van der Waals surface area contributed by atoms with E-state index in [4.69, 9.17) is 4.74 Å². The van der Waals surface area contributed by atoms with E-state index in [1.54, 1.807) is 41.4 Å². The molecule has 2 aliphatic heterocycles. The van der Waals surface area contributed by atoms with Crippen LogP contribution in [0.25, 0.3) is 0 Å². The molecule has 1 saturated heterocycles. The summed E-state index contributed by atoms with van der Waals surface area (Å²) in [6, 6.07) is 0.739. The number of allylic oxidation sites excluding steroid dienone is 1. The number of carbonyl (C=O) groups is 5. The number of ether oxygens (including phenoxy) is 1. The first-order chi connectivity index (χ1) is 18.4. The number of aromatic nitrogens is 1. The van der Waals surface area contributed by atoms with E-state index in [0.717, 1.165) is 18.4 Å². The molecule has 3 aliphatic rings. The van der Waals surface area contributed by atoms with Crippen molar-refractivity contribution in [2.75, 3.05) is 18.1 Å². The third kappa shape index (κ3) is 8.48. The third-order valence-corrected chi connectivity index (χ3v) is 8.71. The van der Waals surface area contributed by atoms with Crippen LogP contribution in [0.4, 0.5) is 0 Å². The van der Waals surface area contributed by atoms with Gasteiger partial charge in [0.25, 0.3) is 0 Å². The van der Waals surface area contributed by atoms with Gasteiger partial charge in [0.2, 0.25) is 23.6 Å². The first-order valence-corrected chi connectivity index (χ1v) is 15.0. The summed E-state index contributed by atoms with van der Waals surface area (Å²) in [6.45, 7) is -0.388. The number of fused-ring (bicyclic) bond motifs is 7. The van der Waals surface area contributed by atoms with Crippen LogP contribution in [-0.4, -0.2) is 76.9 Å². The molecule has 11 nitrogen and oxygen atoms in total. The van der Waals surface area contributed by atoms with Crippen LogP contribution in [0.15, 0.2) is 36.7 Å². The number of rotatable bonds is 3. The largest absolute Gasteiger partial charge is 0.456 e. The predicted octanol–water partition coefficient (Wildman–Crippen LogP) is 0.262. The van der Waals surface area contributed by atoms with Gasteiger partial charge in [-0.15, -0.1) is 0 Å². The molecule has 3 heterocycles. The summed E-state index contributed by atoms with van der Waals surface area (Å²) in [5.41, 5.74) is 0.770. The Bertz CT molecular complexity index is 1070. The van der Waals surface area contributed by atoms with Crippen molar-refractivity contribution < 1.29 is 28.7 Å². The number of nitrogens with zero attached hydrogens (tertiary/aromatic N) is 1. The van der Waals surface area contributed by atoms with E-state index in [9.17, 15) is 24.0 Å². The second kappa shape index (κ2) is 13.7. The summed E-state index contributed by atoms with van der Waals surface area (Å²) in [5.74, 6) is -1.76. The van der Waals surface area contributed by atoms with Gasteiger partial charge >= 0.3 is 5.97 Å². The lowest BCUT2D eigenvalue weighted by atomic mass is 10.0. The maximum atomic E-state index is 13.4. The van der Waals surface area contributed by atoms with Gasteiger partial charge in [-0.05, 0) is 49.0 Å². The normalized spacial score (nSPS) is 29.1. The highest BCUT2D eigenvalue weighted by atomic mass is 33.1. The summed E-state index contributed by atoms with van der Waals surface area (Å²) >= 11 is 0. The fourth-order valence-corrected chi connectivity index (χ4v) is 6.26. The van der Waals surface area contributed by atoms with Gasteiger partial charge in [0, 0.05) is 30.3 Å². The summed E-state index contributed by atoms with van der Waals surface area (Å²) in [6.07, 6.45) is 7.97. The van der Waals surface area contributed by atoms with Crippen LogP contribution in [0.1, 0.15) is 31.2 Å². The van der Waals surface area contributed by atoms with Crippen molar-refractivity contribution in [2.24, 2.45) is 5.92 Å². The van der Waals surface area contributed by atoms with Crippen LogP contribution < -0.4 is 21.3 Å². The number of pyridine rings is 1. The van der Waals surface area contributed by atoms with Gasteiger partial charge in [0.15, 0.2) is 0 Å². The molecule has 4 amide bonds. The highest BCUT2D eigenvalue weighted by Gasteiger charge is 2.39. The Morgan fingerprint density at radius 2 is 1.74 bits per heavy atom. The minimum absolute atomic E-state index is 0.0382. The number of esters is 1. The molecule has 38 heavy (non-hydrogen) atoms. The topological polar surface area (TPSA) is 156 Å². The molecular formula is C25H31N5O6S2. The van der Waals surface area contributed by atoms with Gasteiger partial charge in [-0.3, -0.25) is 29.0 Å². The molecule has 2 bridgehead atoms. The quantitative estimate of drug-likeness (QED) is 0.231. The molecular weight excluding hydrogens is 530 g/mol. The van der Waals surface area contributed by atoms with Gasteiger partial charge in [-0.2, -0.15) is 0 Å². The summed E-state index contributed by atoms with van der Waals surface area (Å²) in [7, 11) is 2.98. The van der Waals surface area contributed by atoms with E-state index in [2.05, 4.69) is 26.3 Å². The van der Waals surface area contributed by atoms with E-state index >= 15 is 0 Å². The molecule has 1 saturated carbocycles. The lowest BCUT2D eigenvalue weighted by Crippen LogP contribution is -2.58. The van der Waals surface area contributed by atoms with Gasteiger partial charge in [-0.1, -0.05) is 27.7 Å². The van der Waals surface area contributed by atoms with Gasteiger partial charge < -0.3 is 26.0 Å². The number of amides is 4. The first kappa shape index (κ1) is 28.0. The van der Waals surface area contributed by atoms with Gasteiger partial charge in [-0.25, -0.2) is 0 Å². The maximum absolute atomic E-state index is 13.4. The Hall–Kier alpha value is -3.06. The molecule has 1 aromatic heterocycles. The molecule has 204 valence electrons. The van der Waals surface area contributed by atoms with Crippen molar-refractivity contribution in [3.05, 3.63) is 42.2 Å². The van der Waals surface area contributed by atoms with Crippen molar-refractivity contribution in [2.45, 2.75) is 56.3 Å². The van der Waals surface area contributed by atoms with Crippen LogP contribution in [-0.2, 0) is 35.1 Å². The van der Waals surface area contributed by atoms with Crippen molar-refractivity contribution in [1.82, 2.24) is 26.3 Å². The first-order valence-electron chi connectivity index (χ1n) is 12.6. The molecule has 4 N–H and O–H groups in total. The Labute approximate surface area is 228 Å². The zero-order valence-electron chi connectivity index (χ0n) is 20.7. The number of nitrogens with one attached hydrogen (secondary N) is 4. The summed E-state index contributed by atoms with van der Waals surface area (Å²) in [5, 5.41) is 10.9. The number of carbonyl (C=O) groups excluding carboxylic acids is 5. The smallest absolute Gasteiger partial charge is 0.326 e. The Kier molecular flexibility index (Phi) is 10.0. The molecule has 2 fully saturated rings. The van der Waals surface area contributed by atoms with E-state index in [-0.39, 0.29) is 31.1 Å². The predicted molar refractivity (Wildman–Crippen MR) is 143 cm³/mol. The average molecular weight is 562 g/mol. The fraction of sp³-hybridized carbons (Fsp3) is 0.520. The SMILES string of the molecule is O=C1C[C@H]2/C=C/CCSSC[C@@H](NC(=O)[C@@H](Cc3ccncc3)N1)C(=O)NC(C1CC1)C(=O)NCC(=O)O2. The number of hydrogen-bond acceptors (Lipinski definition) is 9. The molecule has 1 unspecified atom stereocenters. The van der Waals surface area contributed by atoms with Crippen LogP contribution in [0.3, 0.4) is 0 Å². The maximum Gasteiger partial charge on any atom is 0.326 e. The van der Waals surface area contributed by atoms with Gasteiger partial charge in [0.1, 0.15) is 30.8 Å². The lowest BCUT2D eigenvalue weighted by Gasteiger charge is -2.26. The monoisotopic (exact) mass is 561 g/mol. The van der Waals surface area contributed by atoms with E-state index in [1.165, 1.54) is 10.8 Å². The van der Waals surface area contributed by atoms with E-state index in [0.29, 0.717) is 12.2 Å². The highest BCUT2D eigenvalue weighted by Crippen LogP contribution is 2.33. The molecule has 4 rings (SSSR count). The molecule has 1 aromatic rings. The van der Waals surface area contributed by atoms with Crippen LogP contribution in [0.2, 0.25) is 0 Å². The summed E-state index contributed by atoms with van der Waals surface area (Å²) < 4.78 is 5.49. The minimum Gasteiger partial charge on any atom is -0.456 e. The molecule has 0 aromatic carbocycles. The molecule has 1 aliphatic carbocycles. The zero-order valence-corrected chi connectivity index (χ0v) is 22.4. The van der Waals surface area contributed by atoms with Gasteiger partial charge in [0.05, 0.1) is 6.42 Å². The Morgan fingerprint density at radius 1 is 0.947 bits per heavy atom. The van der Waals surface area contributed by atoms with E-state index < -0.39 is 53.8 Å². The van der Waals surface area contributed by atoms with Crippen LogP contribution in [0.5, 0.6) is 0 Å².